The van der Waals surface area contributed by atoms with Crippen molar-refractivity contribution in [2.75, 3.05) is 121 Å². The van der Waals surface area contributed by atoms with Crippen molar-refractivity contribution >= 4 is 101 Å². The Morgan fingerprint density at radius 2 is 0.816 bits per heavy atom. The SMILES string of the molecule is CCCN(c1cc(F)cc(OCC)c1)c1ccc2ncc(-c3cnn(C)c3)nc2c1.COc1cc(OC)cc(N(CC(O)CN2C(=O)c3ccccc3C2=O)c2ccc3ncc(-c4cnn(C)c4)nc3c2)c1.COc1cccc(N(CCCN2CCCC2)c2ccc3ncc(-c4cnn(C)c4)nc3c2)c1.[2H]C([2H])(C)n1cc(-c2cnc3ccc(N(CCO)c4cc(OC)cc(OC)c4)cc3n2)cn1. The lowest BCUT2D eigenvalue weighted by Crippen LogP contribution is -2.41. The molecule has 19 rings (SSSR count). The molecule has 17 aromatic rings. The van der Waals surface area contributed by atoms with E-state index in [4.69, 9.17) is 51.1 Å². The topological polar surface area (TPSA) is 324 Å². The van der Waals surface area contributed by atoms with Gasteiger partial charge >= 0.3 is 0 Å². The number of fused-ring (bicyclic) bond motifs is 5. The summed E-state index contributed by atoms with van der Waals surface area (Å²) in [6.45, 7) is 9.68. The van der Waals surface area contributed by atoms with Gasteiger partial charge in [-0.15, -0.1) is 0 Å². The molecule has 2 aliphatic heterocycles. The zero-order valence-electron chi connectivity index (χ0n) is 79.5. The molecule has 2 N–H and O–H groups in total. The van der Waals surface area contributed by atoms with Crippen LogP contribution in [0.5, 0.6) is 34.5 Å². The number of ether oxygens (including phenoxy) is 6. The molecule has 696 valence electrons. The summed E-state index contributed by atoms with van der Waals surface area (Å²) >= 11 is 0. The lowest BCUT2D eigenvalue weighted by Gasteiger charge is -2.29. The van der Waals surface area contributed by atoms with Crippen LogP contribution >= 0.6 is 0 Å². The van der Waals surface area contributed by atoms with Crippen LogP contribution in [-0.4, -0.2) is 218 Å². The summed E-state index contributed by atoms with van der Waals surface area (Å²) < 4.78 is 69.2. The molecular formula is C103H107FN22O10. The number of nitrogens with zero attached hydrogens (tertiary/aromatic N) is 22. The number of benzene rings is 9. The number of β-amino-alcohol motifs (C(OH)–C–C–N with tert-alkyl or cyclic N) is 1. The predicted molar refractivity (Wildman–Crippen MR) is 525 cm³/mol. The number of aliphatic hydroxyl groups excluding tert-OH is 2. The third-order valence-corrected chi connectivity index (χ3v) is 23.1. The van der Waals surface area contributed by atoms with Crippen LogP contribution in [0.3, 0.4) is 0 Å². The van der Waals surface area contributed by atoms with E-state index in [-0.39, 0.29) is 25.5 Å². The van der Waals surface area contributed by atoms with Crippen LogP contribution in [0.1, 0.15) is 69.9 Å². The normalized spacial score (nSPS) is 12.8. The molecule has 0 saturated carbocycles. The summed E-state index contributed by atoms with van der Waals surface area (Å²) in [5, 5.41) is 37.8. The number of imide groups is 1. The average Bonchev–Trinajstić information content (AvgIpc) is 1.58. The minimum atomic E-state index is -1.61. The zero-order valence-corrected chi connectivity index (χ0v) is 77.5. The first-order valence-corrected chi connectivity index (χ1v) is 44.6. The van der Waals surface area contributed by atoms with E-state index in [0.717, 1.165) is 127 Å². The van der Waals surface area contributed by atoms with Gasteiger partial charge in [0.25, 0.3) is 11.8 Å². The van der Waals surface area contributed by atoms with E-state index >= 15 is 0 Å². The minimum Gasteiger partial charge on any atom is -0.497 e. The van der Waals surface area contributed by atoms with E-state index in [9.17, 15) is 24.2 Å². The monoisotopic (exact) mass is 1830 g/mol. The molecular weight excluding hydrogens is 1720 g/mol. The molecule has 2 aliphatic rings. The van der Waals surface area contributed by atoms with E-state index in [1.807, 2.05) is 166 Å². The Hall–Kier alpha value is -15.9. The number of halogens is 1. The summed E-state index contributed by atoms with van der Waals surface area (Å²) in [6, 6.07) is 54.2. The molecule has 1 atom stereocenters. The maximum absolute atomic E-state index is 14.2. The molecule has 33 heteroatoms. The van der Waals surface area contributed by atoms with Crippen molar-refractivity contribution in [3.63, 3.8) is 0 Å². The number of hydrogen-bond acceptors (Lipinski definition) is 27. The number of aryl methyl sites for hydroxylation is 4. The standard InChI is InChI=1S/C31H28N6O5.C26H30N6O.C23H24FN5O.C23H25N5O3/c1-35-16-19(14-33-35)29-15-32-27-9-8-20(12-28(27)34-29)36(21-10-23(41-2)13-24(11-21)42-3)17-22(38)18-37-30(39)25-6-4-5-7-26(25)31(37)40;1-30-19-20(17-28-30)26-18-27-24-10-9-22(16-25(24)29-26)32(14-6-13-31-11-3-4-12-31)21-7-5-8-23(15-21)33-2;1-4-8-29(19-9-17(24)10-20(11-19)30-5-2)18-6-7-21-22(12-18)27-23(14-25-21)16-13-26-28(3)15-16;1-4-27-15-16(13-25-27)23-14-24-21-6-5-17(11-22(21)26-23)28(7-8-29)18-9-19(30-2)12-20(10-18)31-3/h4-16,22,38H,17-18H2,1-3H3;5,7-10,15-19H,3-4,6,11-14H2,1-2H3;6-7,9-15H,4-5,8H2,1-3H3;5-6,9-15,29H,4,7-8H2,1-3H3/i;;;4D2. The number of likely N-dealkylation sites (tertiary alicyclic amines) is 1. The van der Waals surface area contributed by atoms with E-state index in [1.54, 1.807) is 129 Å². The van der Waals surface area contributed by atoms with Crippen molar-refractivity contribution in [2.24, 2.45) is 21.1 Å². The molecule has 9 aromatic carbocycles. The van der Waals surface area contributed by atoms with Gasteiger partial charge in [0, 0.05) is 194 Å². The Morgan fingerprint density at radius 3 is 1.23 bits per heavy atom. The molecule has 8 aromatic heterocycles. The molecule has 0 bridgehead atoms. The van der Waals surface area contributed by atoms with Crippen LogP contribution in [0.2, 0.25) is 0 Å². The molecule has 1 saturated heterocycles. The maximum Gasteiger partial charge on any atom is 0.261 e. The van der Waals surface area contributed by atoms with Crippen LogP contribution in [0, 0.1) is 5.82 Å². The Bertz CT molecular complexity index is 7090. The average molecular weight is 1830 g/mol. The fourth-order valence-corrected chi connectivity index (χ4v) is 16.3. The maximum atomic E-state index is 14.2. The lowest BCUT2D eigenvalue weighted by molar-refractivity contribution is 0.0553. The fourth-order valence-electron chi connectivity index (χ4n) is 16.3. The number of anilines is 8. The molecule has 0 aliphatic carbocycles. The molecule has 10 heterocycles. The number of rotatable bonds is 32. The Kier molecular flexibility index (Phi) is 28.8. The summed E-state index contributed by atoms with van der Waals surface area (Å²) in [4.78, 5) is 75.3. The van der Waals surface area contributed by atoms with Crippen LogP contribution < -0.4 is 48.0 Å². The number of methoxy groups -OCH3 is 5. The van der Waals surface area contributed by atoms with Gasteiger partial charge < -0.3 is 63.1 Å². The molecule has 0 radical (unpaired) electrons. The number of aromatic nitrogens is 16. The smallest absolute Gasteiger partial charge is 0.261 e. The second kappa shape index (κ2) is 43.2. The zero-order chi connectivity index (χ0) is 96.7. The molecule has 2 amide bonds. The van der Waals surface area contributed by atoms with Crippen LogP contribution in [0.25, 0.3) is 89.2 Å². The highest BCUT2D eigenvalue weighted by atomic mass is 19.1. The summed E-state index contributed by atoms with van der Waals surface area (Å²) in [6.07, 6.45) is 24.7. The molecule has 32 nitrogen and oxygen atoms in total. The van der Waals surface area contributed by atoms with Crippen molar-refractivity contribution in [2.45, 2.75) is 59.1 Å². The third-order valence-electron chi connectivity index (χ3n) is 23.1. The second-order valence-corrected chi connectivity index (χ2v) is 32.4. The number of amides is 2. The van der Waals surface area contributed by atoms with Crippen LogP contribution in [-0.2, 0) is 27.6 Å². The van der Waals surface area contributed by atoms with Gasteiger partial charge in [0.1, 0.15) is 40.3 Å². The van der Waals surface area contributed by atoms with Gasteiger partial charge in [0.2, 0.25) is 0 Å². The highest BCUT2D eigenvalue weighted by Gasteiger charge is 2.37. The molecule has 136 heavy (non-hydrogen) atoms. The molecule has 0 spiro atoms. The number of carbonyl (C=O) groups is 2. The first kappa shape index (κ1) is 90.7. The van der Waals surface area contributed by atoms with Gasteiger partial charge in [-0.3, -0.25) is 53.2 Å². The van der Waals surface area contributed by atoms with E-state index in [0.29, 0.717) is 103 Å². The first-order chi connectivity index (χ1) is 66.9. The molecule has 1 unspecified atom stereocenters. The quantitative estimate of drug-likeness (QED) is 0.0370. The van der Waals surface area contributed by atoms with Crippen molar-refractivity contribution < 1.29 is 55.4 Å². The van der Waals surface area contributed by atoms with Gasteiger partial charge in [-0.2, -0.15) is 20.4 Å². The number of carbonyl (C=O) groups excluding carboxylic acids is 2. The van der Waals surface area contributed by atoms with Crippen LogP contribution in [0.15, 0.2) is 250 Å². The van der Waals surface area contributed by atoms with Crippen LogP contribution in [0.4, 0.5) is 49.9 Å². The summed E-state index contributed by atoms with van der Waals surface area (Å²) in [7, 11) is 13.6. The van der Waals surface area contributed by atoms with Gasteiger partial charge in [-0.1, -0.05) is 25.1 Å². The largest absolute Gasteiger partial charge is 0.497 e. The lowest BCUT2D eigenvalue weighted by atomic mass is 10.1. The Balaban J connectivity index is 0.000000134. The highest BCUT2D eigenvalue weighted by molar-refractivity contribution is 6.21. The summed E-state index contributed by atoms with van der Waals surface area (Å²) in [5.74, 6) is 2.61. The first-order valence-electron chi connectivity index (χ1n) is 45.6. The summed E-state index contributed by atoms with van der Waals surface area (Å²) in [5.41, 5.74) is 19.9. The highest BCUT2D eigenvalue weighted by Crippen LogP contribution is 2.40. The number of hydrogen-bond donors (Lipinski definition) is 2. The van der Waals surface area contributed by atoms with E-state index < -0.39 is 24.4 Å². The van der Waals surface area contributed by atoms with E-state index in [1.165, 1.54) is 49.7 Å². The fraction of sp³-hybridized carbons (Fsp3) is 0.262. The molecule has 1 fully saturated rings. The van der Waals surface area contributed by atoms with Crippen molar-refractivity contribution in [3.05, 3.63) is 267 Å². The van der Waals surface area contributed by atoms with E-state index in [2.05, 4.69) is 92.3 Å². The van der Waals surface area contributed by atoms with Gasteiger partial charge in [-0.05, 0) is 162 Å². The van der Waals surface area contributed by atoms with Crippen molar-refractivity contribution in [1.82, 2.24) is 88.8 Å². The minimum absolute atomic E-state index is 0.0466. The van der Waals surface area contributed by atoms with Crippen molar-refractivity contribution in [3.8, 4) is 79.5 Å². The van der Waals surface area contributed by atoms with Gasteiger partial charge in [0.05, 0.1) is 198 Å². The van der Waals surface area contributed by atoms with Gasteiger partial charge in [0.15, 0.2) is 0 Å². The predicted octanol–water partition coefficient (Wildman–Crippen LogP) is 17.3. The Labute approximate surface area is 789 Å². The van der Waals surface area contributed by atoms with Crippen molar-refractivity contribution in [1.29, 1.82) is 0 Å². The van der Waals surface area contributed by atoms with Gasteiger partial charge in [-0.25, -0.2) is 24.3 Å². The third kappa shape index (κ3) is 22.0. The second-order valence-electron chi connectivity index (χ2n) is 32.4. The number of aliphatic hydroxyl groups is 2. The Morgan fingerprint density at radius 1 is 0.419 bits per heavy atom.